The van der Waals surface area contributed by atoms with Crippen molar-refractivity contribution in [2.75, 3.05) is 7.05 Å². The molecule has 0 saturated heterocycles. The van der Waals surface area contributed by atoms with Gasteiger partial charge in [0.2, 0.25) is 0 Å². The molecule has 0 bridgehead atoms. The summed E-state index contributed by atoms with van der Waals surface area (Å²) in [5.74, 6) is -0.0469. The molecule has 0 aromatic carbocycles. The number of rotatable bonds is 3. The number of carbonyl (C=O) groups excluding carboxylic acids is 1. The van der Waals surface area contributed by atoms with Gasteiger partial charge in [-0.2, -0.15) is 0 Å². The van der Waals surface area contributed by atoms with E-state index in [1.54, 1.807) is 42.8 Å². The van der Waals surface area contributed by atoms with E-state index in [9.17, 15) is 4.79 Å². The molecule has 2 heterocycles. The van der Waals surface area contributed by atoms with E-state index in [1.165, 1.54) is 0 Å². The van der Waals surface area contributed by atoms with Crippen molar-refractivity contribution in [3.05, 3.63) is 52.7 Å². The van der Waals surface area contributed by atoms with E-state index in [1.807, 2.05) is 6.07 Å². The van der Waals surface area contributed by atoms with Crippen molar-refractivity contribution in [1.82, 2.24) is 9.88 Å². The van der Waals surface area contributed by atoms with Crippen LogP contribution in [0.4, 0.5) is 0 Å². The van der Waals surface area contributed by atoms with Crippen molar-refractivity contribution in [2.45, 2.75) is 6.54 Å². The highest BCUT2D eigenvalue weighted by Gasteiger charge is 2.12. The molecule has 0 spiro atoms. The summed E-state index contributed by atoms with van der Waals surface area (Å²) in [5.41, 5.74) is 1.58. The Morgan fingerprint density at radius 1 is 1.53 bits per heavy atom. The lowest BCUT2D eigenvalue weighted by Gasteiger charge is -2.16. The maximum absolute atomic E-state index is 12.1. The first-order valence-electron chi connectivity index (χ1n) is 5.05. The Labute approximate surface area is 107 Å². The normalized spacial score (nSPS) is 10.2. The third-order valence-corrected chi connectivity index (χ3v) is 2.75. The van der Waals surface area contributed by atoms with Crippen molar-refractivity contribution >= 4 is 21.8 Å². The van der Waals surface area contributed by atoms with E-state index in [2.05, 4.69) is 20.9 Å². The van der Waals surface area contributed by atoms with Crippen LogP contribution >= 0.6 is 15.9 Å². The third kappa shape index (κ3) is 2.94. The SMILES string of the molecule is CN(Cc1ccoc1)C(=O)c1ccnc(Br)c1. The molecule has 0 unspecified atom stereocenters. The Kier molecular flexibility index (Phi) is 3.58. The van der Waals surface area contributed by atoms with Gasteiger partial charge in [0, 0.05) is 30.9 Å². The van der Waals surface area contributed by atoms with Crippen LogP contribution in [0.5, 0.6) is 0 Å². The molecule has 0 radical (unpaired) electrons. The predicted octanol–water partition coefficient (Wildman–Crippen LogP) is 2.71. The van der Waals surface area contributed by atoms with Crippen molar-refractivity contribution in [2.24, 2.45) is 0 Å². The second kappa shape index (κ2) is 5.14. The van der Waals surface area contributed by atoms with Crippen LogP contribution in [0, 0.1) is 0 Å². The van der Waals surface area contributed by atoms with E-state index in [4.69, 9.17) is 4.42 Å². The zero-order valence-corrected chi connectivity index (χ0v) is 10.8. The fourth-order valence-electron chi connectivity index (χ4n) is 1.48. The molecule has 0 aliphatic rings. The third-order valence-electron chi connectivity index (χ3n) is 2.32. The van der Waals surface area contributed by atoms with Gasteiger partial charge in [0.05, 0.1) is 12.5 Å². The largest absolute Gasteiger partial charge is 0.472 e. The zero-order chi connectivity index (χ0) is 12.3. The number of hydrogen-bond acceptors (Lipinski definition) is 3. The van der Waals surface area contributed by atoms with E-state index in [0.29, 0.717) is 16.7 Å². The quantitative estimate of drug-likeness (QED) is 0.818. The van der Waals surface area contributed by atoms with Gasteiger partial charge in [0.1, 0.15) is 4.60 Å². The van der Waals surface area contributed by atoms with E-state index in [0.717, 1.165) is 5.56 Å². The molecule has 17 heavy (non-hydrogen) atoms. The van der Waals surface area contributed by atoms with Gasteiger partial charge in [0.15, 0.2) is 0 Å². The molecule has 0 atom stereocenters. The molecule has 5 heteroatoms. The summed E-state index contributed by atoms with van der Waals surface area (Å²) in [6, 6.07) is 5.24. The van der Waals surface area contributed by atoms with Gasteiger partial charge in [0.25, 0.3) is 5.91 Å². The number of halogens is 1. The smallest absolute Gasteiger partial charge is 0.254 e. The van der Waals surface area contributed by atoms with Crippen LogP contribution in [0.1, 0.15) is 15.9 Å². The summed E-state index contributed by atoms with van der Waals surface area (Å²) in [5, 5.41) is 0. The van der Waals surface area contributed by atoms with Gasteiger partial charge in [-0.05, 0) is 34.1 Å². The molecular formula is C12H11BrN2O2. The molecule has 0 N–H and O–H groups in total. The van der Waals surface area contributed by atoms with Gasteiger partial charge >= 0.3 is 0 Å². The highest BCUT2D eigenvalue weighted by Crippen LogP contribution is 2.12. The Hall–Kier alpha value is -1.62. The number of carbonyl (C=O) groups is 1. The van der Waals surface area contributed by atoms with Gasteiger partial charge in [-0.25, -0.2) is 4.98 Å². The van der Waals surface area contributed by atoms with Gasteiger partial charge in [-0.15, -0.1) is 0 Å². The van der Waals surface area contributed by atoms with Crippen LogP contribution in [0.15, 0.2) is 45.9 Å². The molecule has 0 aliphatic heterocycles. The summed E-state index contributed by atoms with van der Waals surface area (Å²) >= 11 is 3.24. The second-order valence-corrected chi connectivity index (χ2v) is 4.47. The van der Waals surface area contributed by atoms with Crippen LogP contribution in [0.3, 0.4) is 0 Å². The lowest BCUT2D eigenvalue weighted by molar-refractivity contribution is 0.0784. The maximum atomic E-state index is 12.1. The first-order valence-corrected chi connectivity index (χ1v) is 5.84. The average molecular weight is 295 g/mol. The van der Waals surface area contributed by atoms with Crippen LogP contribution in [-0.2, 0) is 6.54 Å². The first kappa shape index (κ1) is 11.9. The van der Waals surface area contributed by atoms with Crippen molar-refractivity contribution in [1.29, 1.82) is 0 Å². The highest BCUT2D eigenvalue weighted by molar-refractivity contribution is 9.10. The number of amides is 1. The van der Waals surface area contributed by atoms with Gasteiger partial charge in [-0.3, -0.25) is 4.79 Å². The van der Waals surface area contributed by atoms with Gasteiger partial charge in [-0.1, -0.05) is 0 Å². The van der Waals surface area contributed by atoms with Crippen LogP contribution in [0.25, 0.3) is 0 Å². The lowest BCUT2D eigenvalue weighted by Crippen LogP contribution is -2.26. The summed E-state index contributed by atoms with van der Waals surface area (Å²) < 4.78 is 5.62. The number of aromatic nitrogens is 1. The molecule has 0 aliphatic carbocycles. The topological polar surface area (TPSA) is 46.3 Å². The Morgan fingerprint density at radius 3 is 3.00 bits per heavy atom. The molecule has 88 valence electrons. The van der Waals surface area contributed by atoms with Crippen LogP contribution in [0.2, 0.25) is 0 Å². The van der Waals surface area contributed by atoms with Gasteiger partial charge < -0.3 is 9.32 Å². The van der Waals surface area contributed by atoms with Crippen molar-refractivity contribution < 1.29 is 9.21 Å². The zero-order valence-electron chi connectivity index (χ0n) is 9.26. The fraction of sp³-hybridized carbons (Fsp3) is 0.167. The number of pyridine rings is 1. The first-order chi connectivity index (χ1) is 8.16. The minimum Gasteiger partial charge on any atom is -0.472 e. The Balaban J connectivity index is 2.09. The monoisotopic (exact) mass is 294 g/mol. The summed E-state index contributed by atoms with van der Waals surface area (Å²) in [7, 11) is 1.75. The lowest BCUT2D eigenvalue weighted by atomic mass is 10.2. The molecule has 4 nitrogen and oxygen atoms in total. The molecule has 2 rings (SSSR count). The number of hydrogen-bond donors (Lipinski definition) is 0. The standard InChI is InChI=1S/C12H11BrN2O2/c1-15(7-9-3-5-17-8-9)12(16)10-2-4-14-11(13)6-10/h2-6,8H,7H2,1H3. The number of furan rings is 1. The molecule has 1 amide bonds. The Morgan fingerprint density at radius 2 is 2.35 bits per heavy atom. The average Bonchev–Trinajstić information content (AvgIpc) is 2.80. The highest BCUT2D eigenvalue weighted by atomic mass is 79.9. The molecule has 2 aromatic rings. The van der Waals surface area contributed by atoms with Crippen molar-refractivity contribution in [3.63, 3.8) is 0 Å². The molecule has 0 saturated carbocycles. The van der Waals surface area contributed by atoms with E-state index >= 15 is 0 Å². The number of nitrogens with zero attached hydrogens (tertiary/aromatic N) is 2. The maximum Gasteiger partial charge on any atom is 0.254 e. The van der Waals surface area contributed by atoms with E-state index in [-0.39, 0.29) is 5.91 Å². The fourth-order valence-corrected chi connectivity index (χ4v) is 1.85. The van der Waals surface area contributed by atoms with Crippen LogP contribution < -0.4 is 0 Å². The Bertz CT molecular complexity index is 511. The van der Waals surface area contributed by atoms with E-state index < -0.39 is 0 Å². The summed E-state index contributed by atoms with van der Waals surface area (Å²) in [6.07, 6.45) is 4.83. The molecule has 0 fully saturated rings. The summed E-state index contributed by atoms with van der Waals surface area (Å²) in [6.45, 7) is 0.523. The second-order valence-electron chi connectivity index (χ2n) is 3.66. The minimum atomic E-state index is -0.0469. The molecule has 2 aromatic heterocycles. The predicted molar refractivity (Wildman–Crippen MR) is 66.4 cm³/mol. The van der Waals surface area contributed by atoms with Crippen LogP contribution in [-0.4, -0.2) is 22.8 Å². The minimum absolute atomic E-state index is 0.0469. The van der Waals surface area contributed by atoms with Crippen molar-refractivity contribution in [3.8, 4) is 0 Å². The summed E-state index contributed by atoms with van der Waals surface area (Å²) in [4.78, 5) is 17.7. The molecular weight excluding hydrogens is 284 g/mol.